The number of hydrogen-bond acceptors (Lipinski definition) is 1. The predicted molar refractivity (Wildman–Crippen MR) is 92.7 cm³/mol. The van der Waals surface area contributed by atoms with Crippen molar-refractivity contribution in [1.82, 2.24) is 0 Å². The van der Waals surface area contributed by atoms with Crippen molar-refractivity contribution in [2.45, 2.75) is 24.8 Å². The Balaban J connectivity index is 1.58. The lowest BCUT2D eigenvalue weighted by Crippen LogP contribution is -2.34. The molecular formula is C16H15BrIN. The Morgan fingerprint density at radius 2 is 1.68 bits per heavy atom. The minimum absolute atomic E-state index is 0.608. The van der Waals surface area contributed by atoms with Crippen LogP contribution in [0.5, 0.6) is 0 Å². The average molecular weight is 428 g/mol. The predicted octanol–water partition coefficient (Wildman–Crippen LogP) is 5.41. The van der Waals surface area contributed by atoms with E-state index >= 15 is 0 Å². The first-order valence-corrected chi connectivity index (χ1v) is 8.36. The Kier molecular flexibility index (Phi) is 4.12. The molecule has 0 unspecified atom stereocenters. The number of anilines is 1. The highest BCUT2D eigenvalue weighted by Crippen LogP contribution is 2.41. The summed E-state index contributed by atoms with van der Waals surface area (Å²) in [5.74, 6) is 0.692. The molecule has 2 aromatic rings. The van der Waals surface area contributed by atoms with Crippen LogP contribution in [0, 0.1) is 3.57 Å². The van der Waals surface area contributed by atoms with Crippen molar-refractivity contribution in [3.8, 4) is 0 Å². The van der Waals surface area contributed by atoms with Gasteiger partial charge in [-0.1, -0.05) is 34.1 Å². The van der Waals surface area contributed by atoms with Crippen LogP contribution >= 0.6 is 38.5 Å². The third-order valence-corrected chi connectivity index (χ3v) is 5.14. The summed E-state index contributed by atoms with van der Waals surface area (Å²) in [5, 5.41) is 3.61. The Labute approximate surface area is 136 Å². The van der Waals surface area contributed by atoms with Crippen molar-refractivity contribution in [1.29, 1.82) is 0 Å². The van der Waals surface area contributed by atoms with E-state index in [-0.39, 0.29) is 0 Å². The number of benzene rings is 2. The minimum Gasteiger partial charge on any atom is -0.382 e. The standard InChI is InChI=1S/C16H15BrIN/c17-16-4-2-1-3-15(16)11-9-14(10-11)19-13-7-5-12(18)6-8-13/h1-8,11,14,19H,9-10H2. The summed E-state index contributed by atoms with van der Waals surface area (Å²) in [5.41, 5.74) is 2.68. The van der Waals surface area contributed by atoms with Gasteiger partial charge >= 0.3 is 0 Å². The second kappa shape index (κ2) is 5.83. The van der Waals surface area contributed by atoms with Crippen LogP contribution in [-0.2, 0) is 0 Å². The molecule has 1 aliphatic rings. The van der Waals surface area contributed by atoms with Crippen molar-refractivity contribution in [3.05, 3.63) is 62.1 Å². The molecule has 0 heterocycles. The van der Waals surface area contributed by atoms with Crippen molar-refractivity contribution >= 4 is 44.2 Å². The van der Waals surface area contributed by atoms with Gasteiger partial charge in [-0.25, -0.2) is 0 Å². The lowest BCUT2D eigenvalue weighted by molar-refractivity contribution is 0.373. The first kappa shape index (κ1) is 13.4. The van der Waals surface area contributed by atoms with Gasteiger partial charge in [0.2, 0.25) is 0 Å². The molecule has 0 amide bonds. The van der Waals surface area contributed by atoms with Gasteiger partial charge in [0.05, 0.1) is 0 Å². The molecule has 3 heteroatoms. The molecule has 0 saturated heterocycles. The van der Waals surface area contributed by atoms with Gasteiger partial charge in [-0.15, -0.1) is 0 Å². The molecule has 1 nitrogen and oxygen atoms in total. The third-order valence-electron chi connectivity index (χ3n) is 3.70. The van der Waals surface area contributed by atoms with Gasteiger partial charge in [-0.3, -0.25) is 0 Å². The number of rotatable bonds is 3. The fraction of sp³-hybridized carbons (Fsp3) is 0.250. The summed E-state index contributed by atoms with van der Waals surface area (Å²) in [6, 6.07) is 17.8. The molecule has 1 N–H and O–H groups in total. The monoisotopic (exact) mass is 427 g/mol. The second-order valence-corrected chi connectivity index (χ2v) is 7.14. The Hall–Kier alpha value is -0.550. The molecule has 3 rings (SSSR count). The van der Waals surface area contributed by atoms with Crippen LogP contribution in [0.4, 0.5) is 5.69 Å². The van der Waals surface area contributed by atoms with Gasteiger partial charge in [0.1, 0.15) is 0 Å². The van der Waals surface area contributed by atoms with E-state index < -0.39 is 0 Å². The van der Waals surface area contributed by atoms with Crippen molar-refractivity contribution in [2.75, 3.05) is 5.32 Å². The van der Waals surface area contributed by atoms with Crippen LogP contribution in [0.3, 0.4) is 0 Å². The van der Waals surface area contributed by atoms with Crippen LogP contribution in [0.1, 0.15) is 24.3 Å². The lowest BCUT2D eigenvalue weighted by atomic mass is 9.76. The highest BCUT2D eigenvalue weighted by atomic mass is 127. The maximum Gasteiger partial charge on any atom is 0.0343 e. The molecular weight excluding hydrogens is 413 g/mol. The largest absolute Gasteiger partial charge is 0.382 e. The van der Waals surface area contributed by atoms with E-state index in [1.807, 2.05) is 0 Å². The summed E-state index contributed by atoms with van der Waals surface area (Å²) >= 11 is 5.98. The average Bonchev–Trinajstić information content (AvgIpc) is 2.37. The smallest absolute Gasteiger partial charge is 0.0343 e. The lowest BCUT2D eigenvalue weighted by Gasteiger charge is -2.37. The van der Waals surface area contributed by atoms with Gasteiger partial charge < -0.3 is 5.32 Å². The van der Waals surface area contributed by atoms with E-state index in [1.165, 1.54) is 32.1 Å². The van der Waals surface area contributed by atoms with E-state index in [4.69, 9.17) is 0 Å². The molecule has 1 saturated carbocycles. The molecule has 0 bridgehead atoms. The van der Waals surface area contributed by atoms with Gasteiger partial charge in [-0.2, -0.15) is 0 Å². The molecule has 0 atom stereocenters. The molecule has 0 aliphatic heterocycles. The highest BCUT2D eigenvalue weighted by molar-refractivity contribution is 14.1. The van der Waals surface area contributed by atoms with Gasteiger partial charge in [0.15, 0.2) is 0 Å². The zero-order chi connectivity index (χ0) is 13.2. The molecule has 19 heavy (non-hydrogen) atoms. The zero-order valence-electron chi connectivity index (χ0n) is 10.4. The highest BCUT2D eigenvalue weighted by Gasteiger charge is 2.31. The Morgan fingerprint density at radius 3 is 2.37 bits per heavy atom. The molecule has 0 aromatic heterocycles. The summed E-state index contributed by atoms with van der Waals surface area (Å²) in [4.78, 5) is 0. The quantitative estimate of drug-likeness (QED) is 0.645. The fourth-order valence-corrected chi connectivity index (χ4v) is 3.55. The maximum atomic E-state index is 3.65. The van der Waals surface area contributed by atoms with E-state index in [2.05, 4.69) is 92.4 Å². The molecule has 2 aromatic carbocycles. The van der Waals surface area contributed by atoms with Crippen LogP contribution in [-0.4, -0.2) is 6.04 Å². The van der Waals surface area contributed by atoms with Crippen molar-refractivity contribution < 1.29 is 0 Å². The fourth-order valence-electron chi connectivity index (χ4n) is 2.58. The molecule has 0 spiro atoms. The number of halogens is 2. The third kappa shape index (κ3) is 3.14. The van der Waals surface area contributed by atoms with E-state index in [0.717, 1.165) is 0 Å². The topological polar surface area (TPSA) is 12.0 Å². The number of nitrogens with one attached hydrogen (secondary N) is 1. The van der Waals surface area contributed by atoms with Crippen LogP contribution < -0.4 is 5.32 Å². The molecule has 98 valence electrons. The molecule has 1 aliphatic carbocycles. The Bertz CT molecular complexity index is 561. The van der Waals surface area contributed by atoms with E-state index in [1.54, 1.807) is 0 Å². The summed E-state index contributed by atoms with van der Waals surface area (Å²) < 4.78 is 2.52. The molecule has 1 fully saturated rings. The van der Waals surface area contributed by atoms with Gasteiger partial charge in [0, 0.05) is 19.8 Å². The van der Waals surface area contributed by atoms with Gasteiger partial charge in [-0.05, 0) is 77.2 Å². The first-order valence-electron chi connectivity index (χ1n) is 6.49. The number of hydrogen-bond donors (Lipinski definition) is 1. The van der Waals surface area contributed by atoms with E-state index in [0.29, 0.717) is 12.0 Å². The Morgan fingerprint density at radius 1 is 1.00 bits per heavy atom. The van der Waals surface area contributed by atoms with Crippen LogP contribution in [0.2, 0.25) is 0 Å². The second-order valence-electron chi connectivity index (χ2n) is 5.04. The minimum atomic E-state index is 0.608. The van der Waals surface area contributed by atoms with Crippen LogP contribution in [0.15, 0.2) is 53.0 Å². The summed E-state index contributed by atoms with van der Waals surface area (Å²) in [6.45, 7) is 0. The zero-order valence-corrected chi connectivity index (χ0v) is 14.2. The normalized spacial score (nSPS) is 21.8. The molecule has 0 radical (unpaired) electrons. The van der Waals surface area contributed by atoms with Crippen molar-refractivity contribution in [3.63, 3.8) is 0 Å². The van der Waals surface area contributed by atoms with Crippen molar-refractivity contribution in [2.24, 2.45) is 0 Å². The van der Waals surface area contributed by atoms with Gasteiger partial charge in [0.25, 0.3) is 0 Å². The maximum absolute atomic E-state index is 3.65. The SMILES string of the molecule is Brc1ccccc1C1CC(Nc2ccc(I)cc2)C1. The summed E-state index contributed by atoms with van der Waals surface area (Å²) in [6.07, 6.45) is 2.43. The van der Waals surface area contributed by atoms with Crippen LogP contribution in [0.25, 0.3) is 0 Å². The first-order chi connectivity index (χ1) is 9.22. The summed E-state index contributed by atoms with van der Waals surface area (Å²) in [7, 11) is 0. The van der Waals surface area contributed by atoms with E-state index in [9.17, 15) is 0 Å².